The maximum Gasteiger partial charge on any atom is 0.259 e. The van der Waals surface area contributed by atoms with E-state index in [1.165, 1.54) is 12.1 Å². The molecule has 1 unspecified atom stereocenters. The fourth-order valence-corrected chi connectivity index (χ4v) is 2.43. The molecule has 0 fully saturated rings. The van der Waals surface area contributed by atoms with Crippen LogP contribution in [-0.4, -0.2) is 15.3 Å². The number of anilines is 2. The summed E-state index contributed by atoms with van der Waals surface area (Å²) in [5.41, 5.74) is 2.72. The molecule has 2 aromatic rings. The zero-order valence-corrected chi connectivity index (χ0v) is 12.9. The van der Waals surface area contributed by atoms with Gasteiger partial charge in [-0.3, -0.25) is 9.27 Å². The molecule has 0 aromatic heterocycles. The van der Waals surface area contributed by atoms with Gasteiger partial charge in [-0.15, -0.1) is 0 Å². The van der Waals surface area contributed by atoms with E-state index in [-0.39, 0.29) is 5.82 Å². The van der Waals surface area contributed by atoms with Crippen molar-refractivity contribution in [2.45, 2.75) is 19.3 Å². The predicted octanol–water partition coefficient (Wildman–Crippen LogP) is 3.81. The van der Waals surface area contributed by atoms with Gasteiger partial charge in [0.15, 0.2) is 0 Å². The van der Waals surface area contributed by atoms with Crippen molar-refractivity contribution in [3.05, 3.63) is 59.9 Å². The summed E-state index contributed by atoms with van der Waals surface area (Å²) in [5.74, 6) is -0.201. The number of halogens is 1. The number of hydrogen-bond donors (Lipinski definition) is 3. The summed E-state index contributed by atoms with van der Waals surface area (Å²) in [7, 11) is 0. The van der Waals surface area contributed by atoms with Crippen LogP contribution in [0.4, 0.5) is 15.8 Å². The highest BCUT2D eigenvalue weighted by molar-refractivity contribution is 7.80. The highest BCUT2D eigenvalue weighted by Crippen LogP contribution is 2.14. The van der Waals surface area contributed by atoms with Crippen LogP contribution in [-0.2, 0) is 17.7 Å². The molecule has 0 aliphatic carbocycles. The van der Waals surface area contributed by atoms with Crippen LogP contribution in [0.2, 0.25) is 0 Å². The van der Waals surface area contributed by atoms with Crippen LogP contribution in [0.25, 0.3) is 0 Å². The quantitative estimate of drug-likeness (QED) is 0.511. The molecule has 0 spiro atoms. The normalized spacial score (nSPS) is 11.9. The van der Waals surface area contributed by atoms with E-state index in [0.717, 1.165) is 37.1 Å². The molecule has 0 saturated heterocycles. The van der Waals surface area contributed by atoms with Gasteiger partial charge in [0.2, 0.25) is 0 Å². The minimum atomic E-state index is -2.04. The Morgan fingerprint density at radius 1 is 0.955 bits per heavy atom. The predicted molar refractivity (Wildman–Crippen MR) is 88.7 cm³/mol. The lowest BCUT2D eigenvalue weighted by Gasteiger charge is -2.08. The Bertz CT molecular complexity index is 603. The summed E-state index contributed by atoms with van der Waals surface area (Å²) in [5, 5.41) is 3.29. The third-order valence-electron chi connectivity index (χ3n) is 3.22. The summed E-state index contributed by atoms with van der Waals surface area (Å²) in [6.07, 6.45) is 2.98. The SMILES string of the molecule is O=S(O)Nc1ccc(NCCCCc2ccc(F)cc2)cc1. The van der Waals surface area contributed by atoms with E-state index in [0.29, 0.717) is 5.69 Å². The number of rotatable bonds is 8. The van der Waals surface area contributed by atoms with Gasteiger partial charge in [-0.25, -0.2) is 8.60 Å². The average Bonchev–Trinajstić information content (AvgIpc) is 2.50. The summed E-state index contributed by atoms with van der Waals surface area (Å²) >= 11 is -2.04. The van der Waals surface area contributed by atoms with Crippen molar-refractivity contribution in [2.75, 3.05) is 16.6 Å². The molecule has 0 bridgehead atoms. The monoisotopic (exact) mass is 322 g/mol. The lowest BCUT2D eigenvalue weighted by molar-refractivity contribution is 0.570. The van der Waals surface area contributed by atoms with Crippen molar-refractivity contribution in [1.29, 1.82) is 0 Å². The van der Waals surface area contributed by atoms with Gasteiger partial charge in [-0.2, -0.15) is 0 Å². The molecule has 6 heteroatoms. The molecule has 0 heterocycles. The number of hydrogen-bond acceptors (Lipinski definition) is 2. The summed E-state index contributed by atoms with van der Waals surface area (Å²) in [6.45, 7) is 0.847. The van der Waals surface area contributed by atoms with E-state index in [4.69, 9.17) is 4.55 Å². The Hall–Kier alpha value is -1.92. The molecular weight excluding hydrogens is 303 g/mol. The van der Waals surface area contributed by atoms with E-state index in [1.807, 2.05) is 24.3 Å². The van der Waals surface area contributed by atoms with Crippen molar-refractivity contribution in [2.24, 2.45) is 0 Å². The first-order valence-corrected chi connectivity index (χ1v) is 8.20. The lowest BCUT2D eigenvalue weighted by atomic mass is 10.1. The standard InChI is InChI=1S/C16H19FN2O2S/c17-14-6-4-13(5-7-14)3-1-2-12-18-15-8-10-16(11-9-15)19-22(20)21/h4-11,18-19H,1-3,12H2,(H,20,21). The average molecular weight is 322 g/mol. The molecule has 0 aliphatic heterocycles. The summed E-state index contributed by atoms with van der Waals surface area (Å²) in [6, 6.07) is 13.8. The smallest absolute Gasteiger partial charge is 0.259 e. The van der Waals surface area contributed by atoms with Crippen LogP contribution >= 0.6 is 0 Å². The first-order chi connectivity index (χ1) is 10.6. The van der Waals surface area contributed by atoms with Crippen LogP contribution in [0.3, 0.4) is 0 Å². The number of nitrogens with one attached hydrogen (secondary N) is 2. The van der Waals surface area contributed by atoms with Gasteiger partial charge in [-0.05, 0) is 61.2 Å². The molecule has 2 rings (SSSR count). The Kier molecular flexibility index (Phi) is 6.36. The third-order valence-corrected chi connectivity index (χ3v) is 3.63. The highest BCUT2D eigenvalue weighted by atomic mass is 32.2. The second-order valence-corrected chi connectivity index (χ2v) is 5.64. The van der Waals surface area contributed by atoms with Crippen LogP contribution in [0, 0.1) is 5.82 Å². The number of unbranched alkanes of at least 4 members (excludes halogenated alkanes) is 1. The maximum atomic E-state index is 12.8. The summed E-state index contributed by atoms with van der Waals surface area (Å²) in [4.78, 5) is 0. The van der Waals surface area contributed by atoms with Gasteiger partial charge in [0, 0.05) is 17.9 Å². The zero-order valence-electron chi connectivity index (χ0n) is 12.1. The fraction of sp³-hybridized carbons (Fsp3) is 0.250. The molecule has 0 aliphatic rings. The van der Waals surface area contributed by atoms with E-state index in [1.54, 1.807) is 12.1 Å². The Labute approximate surface area is 132 Å². The van der Waals surface area contributed by atoms with Crippen molar-refractivity contribution in [3.63, 3.8) is 0 Å². The van der Waals surface area contributed by atoms with E-state index >= 15 is 0 Å². The maximum absolute atomic E-state index is 12.8. The molecule has 0 saturated carbocycles. The van der Waals surface area contributed by atoms with Crippen molar-refractivity contribution in [3.8, 4) is 0 Å². The second kappa shape index (κ2) is 8.51. The molecule has 1 atom stereocenters. The van der Waals surface area contributed by atoms with Gasteiger partial charge in [0.05, 0.1) is 0 Å². The van der Waals surface area contributed by atoms with Crippen molar-refractivity contribution < 1.29 is 13.2 Å². The Balaban J connectivity index is 1.66. The molecule has 0 radical (unpaired) electrons. The molecular formula is C16H19FN2O2S. The van der Waals surface area contributed by atoms with Gasteiger partial charge in [0.25, 0.3) is 11.3 Å². The first-order valence-electron chi connectivity index (χ1n) is 7.09. The van der Waals surface area contributed by atoms with Crippen LogP contribution in [0.5, 0.6) is 0 Å². The van der Waals surface area contributed by atoms with Crippen LogP contribution < -0.4 is 10.0 Å². The van der Waals surface area contributed by atoms with Gasteiger partial charge >= 0.3 is 0 Å². The molecule has 118 valence electrons. The first kappa shape index (κ1) is 16.5. The van der Waals surface area contributed by atoms with Crippen molar-refractivity contribution >= 4 is 22.6 Å². The van der Waals surface area contributed by atoms with Crippen LogP contribution in [0.1, 0.15) is 18.4 Å². The molecule has 2 aromatic carbocycles. The molecule has 4 nitrogen and oxygen atoms in total. The molecule has 0 amide bonds. The fourth-order valence-electron chi connectivity index (χ4n) is 2.09. The molecule has 3 N–H and O–H groups in total. The van der Waals surface area contributed by atoms with E-state index in [2.05, 4.69) is 10.0 Å². The van der Waals surface area contributed by atoms with Crippen molar-refractivity contribution in [1.82, 2.24) is 0 Å². The third kappa shape index (κ3) is 5.83. The van der Waals surface area contributed by atoms with E-state index < -0.39 is 11.3 Å². The van der Waals surface area contributed by atoms with Gasteiger partial charge < -0.3 is 5.32 Å². The second-order valence-electron chi connectivity index (χ2n) is 4.94. The highest BCUT2D eigenvalue weighted by Gasteiger charge is 1.97. The number of aryl methyl sites for hydroxylation is 1. The van der Waals surface area contributed by atoms with Gasteiger partial charge in [-0.1, -0.05) is 12.1 Å². The Morgan fingerprint density at radius 3 is 2.23 bits per heavy atom. The minimum absolute atomic E-state index is 0.201. The van der Waals surface area contributed by atoms with Crippen LogP contribution in [0.15, 0.2) is 48.5 Å². The topological polar surface area (TPSA) is 61.4 Å². The van der Waals surface area contributed by atoms with E-state index in [9.17, 15) is 8.60 Å². The largest absolute Gasteiger partial charge is 0.385 e. The lowest BCUT2D eigenvalue weighted by Crippen LogP contribution is -2.04. The zero-order chi connectivity index (χ0) is 15.8. The number of benzene rings is 2. The molecule has 22 heavy (non-hydrogen) atoms. The summed E-state index contributed by atoms with van der Waals surface area (Å²) < 4.78 is 34.5. The minimum Gasteiger partial charge on any atom is -0.385 e. The Morgan fingerprint density at radius 2 is 1.59 bits per heavy atom. The van der Waals surface area contributed by atoms with Gasteiger partial charge in [0.1, 0.15) is 5.82 Å².